The molecule has 0 aliphatic heterocycles. The summed E-state index contributed by atoms with van der Waals surface area (Å²) in [5.41, 5.74) is 1.74. The summed E-state index contributed by atoms with van der Waals surface area (Å²) in [4.78, 5) is 12.6. The van der Waals surface area contributed by atoms with E-state index in [2.05, 4.69) is 31.4 Å². The van der Waals surface area contributed by atoms with Crippen LogP contribution in [-0.4, -0.2) is 21.9 Å². The minimum absolute atomic E-state index is 0.141. The molecule has 1 atom stereocenters. The lowest BCUT2D eigenvalue weighted by Crippen LogP contribution is -2.30. The molecule has 4 aromatic rings. The van der Waals surface area contributed by atoms with Crippen molar-refractivity contribution in [3.05, 3.63) is 88.8 Å². The third-order valence-corrected chi connectivity index (χ3v) is 5.61. The largest absolute Gasteiger partial charge is 0.467 e. The van der Waals surface area contributed by atoms with Gasteiger partial charge in [-0.2, -0.15) is 0 Å². The first kappa shape index (κ1) is 19.5. The maximum Gasteiger partial charge on any atom is 0.277 e. The van der Waals surface area contributed by atoms with E-state index in [4.69, 9.17) is 8.83 Å². The van der Waals surface area contributed by atoms with E-state index in [0.29, 0.717) is 16.9 Å². The van der Waals surface area contributed by atoms with Crippen LogP contribution >= 0.6 is 27.7 Å². The average Bonchev–Trinajstić information content (AvgIpc) is 3.44. The second-order valence-corrected chi connectivity index (χ2v) is 7.85. The van der Waals surface area contributed by atoms with E-state index < -0.39 is 0 Å². The lowest BCUT2D eigenvalue weighted by molar-refractivity contribution is -0.119. The van der Waals surface area contributed by atoms with Gasteiger partial charge in [0.2, 0.25) is 11.8 Å². The second-order valence-electron chi connectivity index (χ2n) is 6.07. The van der Waals surface area contributed by atoms with Gasteiger partial charge in [-0.15, -0.1) is 10.2 Å². The molecule has 8 heteroatoms. The predicted octanol–water partition coefficient (Wildman–Crippen LogP) is 5.09. The Morgan fingerprint density at radius 2 is 1.83 bits per heavy atom. The van der Waals surface area contributed by atoms with Crippen molar-refractivity contribution in [1.82, 2.24) is 15.5 Å². The number of nitrogens with zero attached hydrogens (tertiary/aromatic N) is 2. The quantitative estimate of drug-likeness (QED) is 0.379. The van der Waals surface area contributed by atoms with Gasteiger partial charge in [-0.25, -0.2) is 0 Å². The summed E-state index contributed by atoms with van der Waals surface area (Å²) in [6, 6.07) is 20.5. The minimum atomic E-state index is -0.363. The number of furan rings is 1. The molecule has 29 heavy (non-hydrogen) atoms. The molecule has 1 N–H and O–H groups in total. The molecule has 2 aromatic carbocycles. The Balaban J connectivity index is 1.41. The SMILES string of the molecule is O=C(CSc1nnc(-c2ccccc2Br)o1)N[C@@H](c1ccccc1)c1ccco1. The normalized spacial score (nSPS) is 11.9. The molecule has 0 spiro atoms. The van der Waals surface area contributed by atoms with Crippen LogP contribution in [-0.2, 0) is 4.79 Å². The fourth-order valence-corrected chi connectivity index (χ4v) is 3.79. The van der Waals surface area contributed by atoms with Gasteiger partial charge in [-0.1, -0.05) is 54.2 Å². The highest BCUT2D eigenvalue weighted by atomic mass is 79.9. The third kappa shape index (κ3) is 4.78. The van der Waals surface area contributed by atoms with E-state index in [-0.39, 0.29) is 17.7 Å². The molecule has 0 saturated carbocycles. The fraction of sp³-hybridized carbons (Fsp3) is 0.0952. The maximum absolute atomic E-state index is 12.6. The number of aromatic nitrogens is 2. The molecule has 4 rings (SSSR count). The molecule has 2 heterocycles. The molecule has 6 nitrogen and oxygen atoms in total. The van der Waals surface area contributed by atoms with Crippen molar-refractivity contribution in [1.29, 1.82) is 0 Å². The summed E-state index contributed by atoms with van der Waals surface area (Å²) in [6.07, 6.45) is 1.59. The molecule has 0 bridgehead atoms. The molecular weight excluding hydrogens is 454 g/mol. The van der Waals surface area contributed by atoms with Crippen molar-refractivity contribution in [3.8, 4) is 11.5 Å². The summed E-state index contributed by atoms with van der Waals surface area (Å²) >= 11 is 4.65. The number of amides is 1. The van der Waals surface area contributed by atoms with Gasteiger partial charge in [-0.05, 0) is 45.8 Å². The number of carbonyl (C=O) groups excluding carboxylic acids is 1. The van der Waals surface area contributed by atoms with Crippen molar-refractivity contribution in [2.75, 3.05) is 5.75 Å². The number of nitrogens with one attached hydrogen (secondary N) is 1. The van der Waals surface area contributed by atoms with Gasteiger partial charge < -0.3 is 14.2 Å². The van der Waals surface area contributed by atoms with E-state index in [1.54, 1.807) is 12.3 Å². The van der Waals surface area contributed by atoms with Crippen LogP contribution in [0.15, 0.2) is 91.5 Å². The maximum atomic E-state index is 12.6. The van der Waals surface area contributed by atoms with Gasteiger partial charge in [0.25, 0.3) is 5.22 Å². The number of hydrogen-bond acceptors (Lipinski definition) is 6. The van der Waals surface area contributed by atoms with Crippen molar-refractivity contribution in [2.24, 2.45) is 0 Å². The molecule has 0 aliphatic carbocycles. The number of thioether (sulfide) groups is 1. The number of rotatable bonds is 7. The topological polar surface area (TPSA) is 81.2 Å². The minimum Gasteiger partial charge on any atom is -0.467 e. The first-order valence-corrected chi connectivity index (χ1v) is 10.6. The number of hydrogen-bond donors (Lipinski definition) is 1. The van der Waals surface area contributed by atoms with Crippen LogP contribution in [0.2, 0.25) is 0 Å². The van der Waals surface area contributed by atoms with Crippen LogP contribution in [0.5, 0.6) is 0 Å². The van der Waals surface area contributed by atoms with Gasteiger partial charge >= 0.3 is 0 Å². The molecule has 2 aromatic heterocycles. The van der Waals surface area contributed by atoms with E-state index in [1.165, 1.54) is 11.8 Å². The molecule has 0 saturated heterocycles. The summed E-state index contributed by atoms with van der Waals surface area (Å²) in [5.74, 6) is 1.05. The van der Waals surface area contributed by atoms with Gasteiger partial charge in [0.15, 0.2) is 0 Å². The zero-order valence-electron chi connectivity index (χ0n) is 15.1. The Hall–Kier alpha value is -2.84. The summed E-state index contributed by atoms with van der Waals surface area (Å²) in [5, 5.41) is 11.4. The lowest BCUT2D eigenvalue weighted by Gasteiger charge is -2.16. The molecule has 146 valence electrons. The first-order chi connectivity index (χ1) is 14.2. The monoisotopic (exact) mass is 469 g/mol. The highest BCUT2D eigenvalue weighted by Crippen LogP contribution is 2.29. The molecule has 0 aliphatic rings. The smallest absolute Gasteiger partial charge is 0.277 e. The third-order valence-electron chi connectivity index (χ3n) is 4.10. The van der Waals surface area contributed by atoms with Crippen LogP contribution in [0.25, 0.3) is 11.5 Å². The van der Waals surface area contributed by atoms with E-state index >= 15 is 0 Å². The van der Waals surface area contributed by atoms with Crippen molar-refractivity contribution < 1.29 is 13.6 Å². The van der Waals surface area contributed by atoms with Gasteiger partial charge in [0.05, 0.1) is 17.6 Å². The van der Waals surface area contributed by atoms with Crippen molar-refractivity contribution in [3.63, 3.8) is 0 Å². The Morgan fingerprint density at radius 3 is 2.59 bits per heavy atom. The van der Waals surface area contributed by atoms with E-state index in [0.717, 1.165) is 15.6 Å². The lowest BCUT2D eigenvalue weighted by atomic mass is 10.0. The summed E-state index contributed by atoms with van der Waals surface area (Å²) in [7, 11) is 0. The number of benzene rings is 2. The van der Waals surface area contributed by atoms with Crippen LogP contribution < -0.4 is 5.32 Å². The van der Waals surface area contributed by atoms with Gasteiger partial charge in [0.1, 0.15) is 11.8 Å². The van der Waals surface area contributed by atoms with Gasteiger partial charge in [0, 0.05) is 4.47 Å². The Bertz CT molecular complexity index is 1080. The van der Waals surface area contributed by atoms with Crippen LogP contribution in [0.4, 0.5) is 0 Å². The van der Waals surface area contributed by atoms with Crippen LogP contribution in [0.1, 0.15) is 17.4 Å². The highest BCUT2D eigenvalue weighted by Gasteiger charge is 2.20. The average molecular weight is 470 g/mol. The molecular formula is C21H16BrN3O3S. The standard InChI is InChI=1S/C21H16BrN3O3S/c22-16-10-5-4-9-15(16)20-24-25-21(28-20)29-13-18(26)23-19(17-11-6-12-27-17)14-7-2-1-3-8-14/h1-12,19H,13H2,(H,23,26)/t19-/m0/s1. The fourth-order valence-electron chi connectivity index (χ4n) is 2.76. The highest BCUT2D eigenvalue weighted by molar-refractivity contribution is 9.10. The van der Waals surface area contributed by atoms with E-state index in [1.807, 2.05) is 60.7 Å². The van der Waals surface area contributed by atoms with Crippen LogP contribution in [0.3, 0.4) is 0 Å². The zero-order valence-corrected chi connectivity index (χ0v) is 17.5. The zero-order chi connectivity index (χ0) is 20.1. The molecule has 0 fully saturated rings. The van der Waals surface area contributed by atoms with Crippen LogP contribution in [0, 0.1) is 0 Å². The van der Waals surface area contributed by atoms with Crippen molar-refractivity contribution in [2.45, 2.75) is 11.3 Å². The second kappa shape index (κ2) is 9.11. The Labute approximate surface area is 179 Å². The Kier molecular flexibility index (Phi) is 6.12. The number of halogens is 1. The van der Waals surface area contributed by atoms with E-state index in [9.17, 15) is 4.79 Å². The first-order valence-electron chi connectivity index (χ1n) is 8.79. The molecule has 0 radical (unpaired) electrons. The predicted molar refractivity (Wildman–Crippen MR) is 113 cm³/mol. The summed E-state index contributed by atoms with van der Waals surface area (Å²) in [6.45, 7) is 0. The molecule has 0 unspecified atom stereocenters. The van der Waals surface area contributed by atoms with Crippen molar-refractivity contribution >= 4 is 33.6 Å². The Morgan fingerprint density at radius 1 is 1.03 bits per heavy atom. The van der Waals surface area contributed by atoms with Gasteiger partial charge in [-0.3, -0.25) is 4.79 Å². The number of carbonyl (C=O) groups is 1. The summed E-state index contributed by atoms with van der Waals surface area (Å²) < 4.78 is 12.0. The molecule has 1 amide bonds.